The zero-order valence-corrected chi connectivity index (χ0v) is 12.0. The number of carbonyl (C=O) groups is 2. The van der Waals surface area contributed by atoms with Crippen molar-refractivity contribution in [3.8, 4) is 5.75 Å². The normalized spacial score (nSPS) is 12.2. The summed E-state index contributed by atoms with van der Waals surface area (Å²) in [7, 11) is 0. The number of rotatable bonds is 6. The van der Waals surface area contributed by atoms with Crippen LogP contribution in [0.3, 0.4) is 0 Å². The first-order valence-corrected chi connectivity index (χ1v) is 6.42. The molecule has 0 unspecified atom stereocenters. The minimum Gasteiger partial charge on any atom is -0.506 e. The number of aromatic nitrogens is 4. The van der Waals surface area contributed by atoms with Gasteiger partial charge in [-0.15, -0.1) is 15.3 Å². The van der Waals surface area contributed by atoms with Crippen LogP contribution in [-0.2, 0) is 16.0 Å². The molecule has 1 amide bonds. The average Bonchev–Trinajstić information content (AvgIpc) is 2.99. The van der Waals surface area contributed by atoms with E-state index in [4.69, 9.17) is 5.11 Å². The second-order valence-electron chi connectivity index (χ2n) is 4.53. The number of azo groups is 1. The first-order chi connectivity index (χ1) is 11.0. The highest BCUT2D eigenvalue weighted by Crippen LogP contribution is 2.28. The van der Waals surface area contributed by atoms with Crippen LogP contribution < -0.4 is 5.32 Å². The van der Waals surface area contributed by atoms with Gasteiger partial charge in [0.05, 0.1) is 0 Å². The monoisotopic (exact) mass is 319 g/mol. The fraction of sp³-hybridized carbons (Fsp3) is 0.250. The number of tetrazole rings is 1. The molecule has 0 aliphatic heterocycles. The maximum atomic E-state index is 11.1. The summed E-state index contributed by atoms with van der Waals surface area (Å²) in [5, 5.41) is 41.3. The molecule has 0 saturated heterocycles. The molecule has 1 aromatic heterocycles. The van der Waals surface area contributed by atoms with Crippen molar-refractivity contribution in [1.82, 2.24) is 25.9 Å². The fourth-order valence-corrected chi connectivity index (χ4v) is 1.75. The molecule has 11 nitrogen and oxygen atoms in total. The van der Waals surface area contributed by atoms with Gasteiger partial charge in [0.1, 0.15) is 17.5 Å². The highest BCUT2D eigenvalue weighted by atomic mass is 16.4. The van der Waals surface area contributed by atoms with Crippen LogP contribution in [0.5, 0.6) is 5.75 Å². The van der Waals surface area contributed by atoms with Gasteiger partial charge in [0, 0.05) is 13.3 Å². The molecular formula is C12H13N7O4. The van der Waals surface area contributed by atoms with Gasteiger partial charge in [0.2, 0.25) is 5.91 Å². The predicted molar refractivity (Wildman–Crippen MR) is 75.4 cm³/mol. The number of benzene rings is 1. The van der Waals surface area contributed by atoms with Gasteiger partial charge in [-0.05, 0) is 22.9 Å². The number of amides is 1. The number of hydrogen-bond donors (Lipinski definition) is 4. The Morgan fingerprint density at radius 3 is 2.78 bits per heavy atom. The quantitative estimate of drug-likeness (QED) is 0.561. The molecule has 0 saturated carbocycles. The molecule has 0 spiro atoms. The summed E-state index contributed by atoms with van der Waals surface area (Å²) in [6.45, 7) is 1.23. The number of carboxylic acids is 1. The van der Waals surface area contributed by atoms with Crippen molar-refractivity contribution in [2.45, 2.75) is 19.4 Å². The molecule has 23 heavy (non-hydrogen) atoms. The molecule has 1 aromatic carbocycles. The van der Waals surface area contributed by atoms with Gasteiger partial charge in [-0.25, -0.2) is 4.79 Å². The number of aromatic amines is 1. The van der Waals surface area contributed by atoms with Crippen molar-refractivity contribution in [2.75, 3.05) is 0 Å². The Hall–Kier alpha value is -3.37. The minimum absolute atomic E-state index is 0.0172. The number of hydrogen-bond acceptors (Lipinski definition) is 8. The Balaban J connectivity index is 2.18. The number of carboxylic acid groups (broad SMARTS) is 1. The zero-order valence-electron chi connectivity index (χ0n) is 12.0. The molecule has 120 valence electrons. The SMILES string of the molecule is CC(=O)N[C@@H](Cc1ccc(O)c(N=Nc2nn[nH]n2)c1)C(=O)O. The number of phenols is 1. The van der Waals surface area contributed by atoms with E-state index in [1.54, 1.807) is 0 Å². The highest BCUT2D eigenvalue weighted by molar-refractivity contribution is 5.82. The van der Waals surface area contributed by atoms with E-state index in [9.17, 15) is 14.7 Å². The molecule has 2 aromatic rings. The standard InChI is InChI=1S/C12H13N7O4/c1-6(20)13-9(11(22)23)5-7-2-3-10(21)8(4-7)14-15-12-16-18-19-17-12/h2-4,9,21H,5H2,1H3,(H,13,20)(H,22,23)(H,16,17,18,19)/t9-/m0/s1. The Morgan fingerprint density at radius 1 is 1.39 bits per heavy atom. The van der Waals surface area contributed by atoms with E-state index >= 15 is 0 Å². The molecule has 1 heterocycles. The van der Waals surface area contributed by atoms with Crippen LogP contribution in [0.4, 0.5) is 11.6 Å². The van der Waals surface area contributed by atoms with Gasteiger partial charge in [-0.2, -0.15) is 5.21 Å². The van der Waals surface area contributed by atoms with Crippen molar-refractivity contribution in [3.05, 3.63) is 23.8 Å². The van der Waals surface area contributed by atoms with E-state index < -0.39 is 17.9 Å². The number of nitrogens with zero attached hydrogens (tertiary/aromatic N) is 5. The largest absolute Gasteiger partial charge is 0.506 e. The third-order valence-corrected chi connectivity index (χ3v) is 2.74. The zero-order chi connectivity index (χ0) is 16.8. The van der Waals surface area contributed by atoms with E-state index in [1.807, 2.05) is 0 Å². The van der Waals surface area contributed by atoms with Gasteiger partial charge in [0.25, 0.3) is 0 Å². The average molecular weight is 319 g/mol. The van der Waals surface area contributed by atoms with Gasteiger partial charge in [-0.3, -0.25) is 4.79 Å². The molecule has 0 radical (unpaired) electrons. The van der Waals surface area contributed by atoms with Gasteiger partial charge in [0.15, 0.2) is 0 Å². The van der Waals surface area contributed by atoms with Crippen molar-refractivity contribution < 1.29 is 19.8 Å². The van der Waals surface area contributed by atoms with Crippen molar-refractivity contribution in [2.24, 2.45) is 10.2 Å². The first kappa shape index (κ1) is 16.0. The van der Waals surface area contributed by atoms with E-state index in [1.165, 1.54) is 25.1 Å². The van der Waals surface area contributed by atoms with Crippen LogP contribution in [0.1, 0.15) is 12.5 Å². The smallest absolute Gasteiger partial charge is 0.326 e. The Morgan fingerprint density at radius 2 is 2.17 bits per heavy atom. The summed E-state index contributed by atoms with van der Waals surface area (Å²) in [5.41, 5.74) is 0.658. The molecular weight excluding hydrogens is 306 g/mol. The molecule has 2 rings (SSSR count). The molecule has 4 N–H and O–H groups in total. The van der Waals surface area contributed by atoms with E-state index in [0.29, 0.717) is 5.56 Å². The second kappa shape index (κ2) is 7.06. The van der Waals surface area contributed by atoms with Crippen LogP contribution >= 0.6 is 0 Å². The predicted octanol–water partition coefficient (Wildman–Crippen LogP) is 0.452. The first-order valence-electron chi connectivity index (χ1n) is 6.42. The summed E-state index contributed by atoms with van der Waals surface area (Å²) in [6.07, 6.45) is 0.0277. The Bertz CT molecular complexity index is 729. The lowest BCUT2D eigenvalue weighted by molar-refractivity contribution is -0.141. The molecule has 0 aliphatic carbocycles. The number of carbonyl (C=O) groups excluding carboxylic acids is 1. The van der Waals surface area contributed by atoms with E-state index in [2.05, 4.69) is 36.2 Å². The summed E-state index contributed by atoms with van der Waals surface area (Å²) in [4.78, 5) is 22.2. The van der Waals surface area contributed by atoms with Gasteiger partial charge in [-0.1, -0.05) is 11.2 Å². The summed E-state index contributed by atoms with van der Waals surface area (Å²) in [5.74, 6) is -1.78. The number of phenolic OH excluding ortho intramolecular Hbond substituents is 1. The summed E-state index contributed by atoms with van der Waals surface area (Å²) >= 11 is 0. The second-order valence-corrected chi connectivity index (χ2v) is 4.53. The lowest BCUT2D eigenvalue weighted by Gasteiger charge is -2.13. The van der Waals surface area contributed by atoms with Gasteiger partial charge >= 0.3 is 11.9 Å². The molecule has 0 aliphatic rings. The number of aliphatic carboxylic acids is 1. The third-order valence-electron chi connectivity index (χ3n) is 2.74. The van der Waals surface area contributed by atoms with Crippen molar-refractivity contribution in [1.29, 1.82) is 0 Å². The Kier molecular flexibility index (Phi) is 4.92. The van der Waals surface area contributed by atoms with Crippen LogP contribution in [0.15, 0.2) is 28.4 Å². The lowest BCUT2D eigenvalue weighted by Crippen LogP contribution is -2.41. The van der Waals surface area contributed by atoms with Crippen LogP contribution in [0.2, 0.25) is 0 Å². The molecule has 0 fully saturated rings. The highest BCUT2D eigenvalue weighted by Gasteiger charge is 2.19. The third kappa shape index (κ3) is 4.56. The molecule has 11 heteroatoms. The van der Waals surface area contributed by atoms with E-state index in [0.717, 1.165) is 0 Å². The minimum atomic E-state index is -1.16. The summed E-state index contributed by atoms with van der Waals surface area (Å²) < 4.78 is 0. The lowest BCUT2D eigenvalue weighted by atomic mass is 10.0. The van der Waals surface area contributed by atoms with Crippen molar-refractivity contribution >= 4 is 23.5 Å². The fourth-order valence-electron chi connectivity index (χ4n) is 1.75. The van der Waals surface area contributed by atoms with Crippen LogP contribution in [0, 0.1) is 0 Å². The van der Waals surface area contributed by atoms with E-state index in [-0.39, 0.29) is 23.8 Å². The van der Waals surface area contributed by atoms with Crippen LogP contribution in [0.25, 0.3) is 0 Å². The van der Waals surface area contributed by atoms with Crippen molar-refractivity contribution in [3.63, 3.8) is 0 Å². The summed E-state index contributed by atoms with van der Waals surface area (Å²) in [6, 6.07) is 3.25. The number of H-pyrrole nitrogens is 1. The number of aromatic hydroxyl groups is 1. The Labute approximate surface area is 129 Å². The van der Waals surface area contributed by atoms with Crippen LogP contribution in [-0.4, -0.2) is 48.8 Å². The number of nitrogens with one attached hydrogen (secondary N) is 2. The maximum absolute atomic E-state index is 11.1. The topological polar surface area (TPSA) is 166 Å². The molecule has 1 atom stereocenters. The maximum Gasteiger partial charge on any atom is 0.326 e. The molecule has 0 bridgehead atoms. The van der Waals surface area contributed by atoms with Gasteiger partial charge < -0.3 is 15.5 Å².